The van der Waals surface area contributed by atoms with Gasteiger partial charge in [-0.05, 0) is 55.6 Å². The number of carboxylic acids is 1. The number of esters is 1. The van der Waals surface area contributed by atoms with E-state index in [9.17, 15) is 24.3 Å². The van der Waals surface area contributed by atoms with Crippen molar-refractivity contribution in [1.29, 1.82) is 0 Å². The van der Waals surface area contributed by atoms with Gasteiger partial charge in [-0.1, -0.05) is 24.3 Å². The topological polar surface area (TPSA) is 122 Å². The second kappa shape index (κ2) is 10.0. The molecule has 2 aromatic carbocycles. The number of rotatable bonds is 7. The minimum Gasteiger partial charge on any atom is -0.481 e. The lowest BCUT2D eigenvalue weighted by atomic mass is 9.80. The Bertz CT molecular complexity index is 1310. The van der Waals surface area contributed by atoms with E-state index in [1.165, 1.54) is 0 Å². The first-order valence-electron chi connectivity index (χ1n) is 11.3. The molecule has 1 aromatic heterocycles. The number of aliphatic carboxylic acids is 1. The number of ether oxygens (including phenoxy) is 1. The molecule has 0 radical (unpaired) electrons. The zero-order valence-corrected chi connectivity index (χ0v) is 18.9. The third kappa shape index (κ3) is 4.79. The number of nitrogens with one attached hydrogen (secondary N) is 1. The van der Waals surface area contributed by atoms with Gasteiger partial charge in [0.25, 0.3) is 5.56 Å². The molecule has 1 saturated heterocycles. The fourth-order valence-electron chi connectivity index (χ4n) is 4.60. The molecular weight excluding hydrogens is 438 g/mol. The summed E-state index contributed by atoms with van der Waals surface area (Å²) >= 11 is 0. The van der Waals surface area contributed by atoms with Crippen LogP contribution in [0.3, 0.4) is 0 Å². The van der Waals surface area contributed by atoms with E-state index >= 15 is 0 Å². The number of H-pyrrole nitrogens is 1. The quantitative estimate of drug-likeness (QED) is 0.512. The highest BCUT2D eigenvalue weighted by Crippen LogP contribution is 2.33. The third-order valence-corrected chi connectivity index (χ3v) is 6.39. The van der Waals surface area contributed by atoms with Crippen molar-refractivity contribution in [2.75, 3.05) is 26.2 Å². The first-order chi connectivity index (χ1) is 16.4. The predicted molar refractivity (Wildman–Crippen MR) is 126 cm³/mol. The third-order valence-electron chi connectivity index (χ3n) is 6.39. The van der Waals surface area contributed by atoms with Gasteiger partial charge in [0.1, 0.15) is 0 Å². The van der Waals surface area contributed by atoms with Gasteiger partial charge in [0.15, 0.2) is 0 Å². The first kappa shape index (κ1) is 23.4. The standard InChI is InChI=1S/C25H27N3O6/c1-2-34-24(32)17-9-7-16(8-10-17)18-11-12-27(15-20(18)23(30)31)13-14-28-22(29)19-5-3-4-6-21(19)26-25(28)33/h3-10,18,20H,2,11-15H2,1H3,(H,26,33)(H,30,31). The molecular formula is C25H27N3O6. The number of piperidine rings is 1. The van der Waals surface area contributed by atoms with Gasteiger partial charge >= 0.3 is 17.6 Å². The van der Waals surface area contributed by atoms with Crippen molar-refractivity contribution in [3.63, 3.8) is 0 Å². The average molecular weight is 466 g/mol. The van der Waals surface area contributed by atoms with Crippen LogP contribution >= 0.6 is 0 Å². The first-order valence-corrected chi connectivity index (χ1v) is 11.3. The van der Waals surface area contributed by atoms with Gasteiger partial charge in [0.2, 0.25) is 0 Å². The van der Waals surface area contributed by atoms with E-state index in [1.807, 2.05) is 4.90 Å². The summed E-state index contributed by atoms with van der Waals surface area (Å²) in [6, 6.07) is 13.8. The lowest BCUT2D eigenvalue weighted by Gasteiger charge is -2.36. The fourth-order valence-corrected chi connectivity index (χ4v) is 4.60. The van der Waals surface area contributed by atoms with Crippen molar-refractivity contribution < 1.29 is 19.4 Å². The highest BCUT2D eigenvalue weighted by Gasteiger charge is 2.35. The van der Waals surface area contributed by atoms with Gasteiger partial charge in [0.05, 0.1) is 29.0 Å². The second-order valence-corrected chi connectivity index (χ2v) is 8.42. The van der Waals surface area contributed by atoms with Gasteiger partial charge in [-0.25, -0.2) is 9.59 Å². The number of hydrogen-bond acceptors (Lipinski definition) is 6. The van der Waals surface area contributed by atoms with Gasteiger partial charge in [0, 0.05) is 19.6 Å². The SMILES string of the molecule is CCOC(=O)c1ccc(C2CCN(CCn3c(=O)[nH]c4ccccc4c3=O)CC2C(=O)O)cc1. The molecule has 0 amide bonds. The number of fused-ring (bicyclic) bond motifs is 1. The average Bonchev–Trinajstić information content (AvgIpc) is 2.84. The number of carbonyl (C=O) groups is 2. The summed E-state index contributed by atoms with van der Waals surface area (Å²) in [4.78, 5) is 53.8. The van der Waals surface area contributed by atoms with Crippen molar-refractivity contribution in [3.8, 4) is 0 Å². The van der Waals surface area contributed by atoms with Crippen molar-refractivity contribution in [2.24, 2.45) is 5.92 Å². The molecule has 2 heterocycles. The van der Waals surface area contributed by atoms with Crippen LogP contribution in [0.2, 0.25) is 0 Å². The molecule has 4 rings (SSSR count). The smallest absolute Gasteiger partial charge is 0.338 e. The Hall–Kier alpha value is -3.72. The number of aromatic amines is 1. The van der Waals surface area contributed by atoms with Crippen molar-refractivity contribution in [2.45, 2.75) is 25.8 Å². The van der Waals surface area contributed by atoms with Crippen LogP contribution in [0.15, 0.2) is 58.1 Å². The summed E-state index contributed by atoms with van der Waals surface area (Å²) in [6.45, 7) is 3.53. The van der Waals surface area contributed by atoms with E-state index in [0.29, 0.717) is 42.5 Å². The molecule has 2 atom stereocenters. The van der Waals surface area contributed by atoms with Crippen LogP contribution in [0, 0.1) is 5.92 Å². The van der Waals surface area contributed by atoms with E-state index in [-0.39, 0.29) is 24.6 Å². The van der Waals surface area contributed by atoms with Crippen molar-refractivity contribution >= 4 is 22.8 Å². The van der Waals surface area contributed by atoms with Crippen molar-refractivity contribution in [1.82, 2.24) is 14.5 Å². The minimum atomic E-state index is -0.898. The van der Waals surface area contributed by atoms with Crippen LogP contribution in [-0.2, 0) is 16.1 Å². The van der Waals surface area contributed by atoms with Gasteiger partial charge < -0.3 is 19.7 Å². The fraction of sp³-hybridized carbons (Fsp3) is 0.360. The Morgan fingerprint density at radius 2 is 1.82 bits per heavy atom. The van der Waals surface area contributed by atoms with Crippen LogP contribution in [0.1, 0.15) is 35.2 Å². The number of likely N-dealkylation sites (tertiary alicyclic amines) is 1. The van der Waals surface area contributed by atoms with E-state index in [0.717, 1.165) is 10.1 Å². The number of benzene rings is 2. The lowest BCUT2D eigenvalue weighted by Crippen LogP contribution is -2.46. The molecule has 1 fully saturated rings. The molecule has 1 aliphatic rings. The number of carboxylic acid groups (broad SMARTS) is 1. The maximum atomic E-state index is 12.7. The minimum absolute atomic E-state index is 0.171. The zero-order valence-electron chi connectivity index (χ0n) is 18.9. The highest BCUT2D eigenvalue weighted by molar-refractivity contribution is 5.89. The van der Waals surface area contributed by atoms with Crippen LogP contribution in [0.25, 0.3) is 10.9 Å². The van der Waals surface area contributed by atoms with E-state index < -0.39 is 23.5 Å². The molecule has 34 heavy (non-hydrogen) atoms. The molecule has 2 unspecified atom stereocenters. The molecule has 1 aliphatic heterocycles. The number of nitrogens with zero attached hydrogens (tertiary/aromatic N) is 2. The summed E-state index contributed by atoms with van der Waals surface area (Å²) < 4.78 is 6.17. The summed E-state index contributed by atoms with van der Waals surface area (Å²) in [6.07, 6.45) is 0.610. The van der Waals surface area contributed by atoms with Crippen LogP contribution in [0.4, 0.5) is 0 Å². The molecule has 3 aromatic rings. The van der Waals surface area contributed by atoms with Crippen LogP contribution < -0.4 is 11.2 Å². The van der Waals surface area contributed by atoms with E-state index in [1.54, 1.807) is 55.5 Å². The number of hydrogen-bond donors (Lipinski definition) is 2. The number of para-hydroxylation sites is 1. The predicted octanol–water partition coefficient (Wildman–Crippen LogP) is 2.06. The monoisotopic (exact) mass is 465 g/mol. The van der Waals surface area contributed by atoms with E-state index in [4.69, 9.17) is 4.74 Å². The normalized spacial score (nSPS) is 18.6. The van der Waals surface area contributed by atoms with Crippen LogP contribution in [0.5, 0.6) is 0 Å². The maximum Gasteiger partial charge on any atom is 0.338 e. The zero-order chi connectivity index (χ0) is 24.2. The molecule has 0 spiro atoms. The highest BCUT2D eigenvalue weighted by atomic mass is 16.5. The molecule has 0 saturated carbocycles. The van der Waals surface area contributed by atoms with Gasteiger partial charge in [-0.2, -0.15) is 0 Å². The summed E-state index contributed by atoms with van der Waals surface area (Å²) in [5.41, 5.74) is 0.957. The van der Waals surface area contributed by atoms with E-state index in [2.05, 4.69) is 4.98 Å². The Balaban J connectivity index is 1.46. The summed E-state index contributed by atoms with van der Waals surface area (Å²) in [7, 11) is 0. The number of carbonyl (C=O) groups excluding carboxylic acids is 1. The molecule has 9 nitrogen and oxygen atoms in total. The Morgan fingerprint density at radius 1 is 1.09 bits per heavy atom. The molecule has 178 valence electrons. The molecule has 9 heteroatoms. The second-order valence-electron chi connectivity index (χ2n) is 8.42. The van der Waals surface area contributed by atoms with Gasteiger partial charge in [-0.3, -0.25) is 14.2 Å². The molecule has 2 N–H and O–H groups in total. The van der Waals surface area contributed by atoms with Crippen molar-refractivity contribution in [3.05, 3.63) is 80.5 Å². The molecule has 0 aliphatic carbocycles. The summed E-state index contributed by atoms with van der Waals surface area (Å²) in [5, 5.41) is 10.3. The lowest BCUT2D eigenvalue weighted by molar-refractivity contribution is -0.144. The van der Waals surface area contributed by atoms with Crippen LogP contribution in [-0.4, -0.2) is 57.7 Å². The summed E-state index contributed by atoms with van der Waals surface area (Å²) in [5.74, 6) is -2.15. The molecule has 0 bridgehead atoms. The Labute approximate surface area is 195 Å². The Kier molecular flexibility index (Phi) is 6.93. The number of aromatic nitrogens is 2. The largest absolute Gasteiger partial charge is 0.481 e. The Morgan fingerprint density at radius 3 is 2.53 bits per heavy atom. The maximum absolute atomic E-state index is 12.7. The van der Waals surface area contributed by atoms with Gasteiger partial charge in [-0.15, -0.1) is 0 Å².